The highest BCUT2D eigenvalue weighted by atomic mass is 79.9. The summed E-state index contributed by atoms with van der Waals surface area (Å²) in [5.41, 5.74) is 3.07. The van der Waals surface area contributed by atoms with Gasteiger partial charge in [-0.2, -0.15) is 0 Å². The summed E-state index contributed by atoms with van der Waals surface area (Å²) in [7, 11) is 0. The number of aromatic amines is 1. The summed E-state index contributed by atoms with van der Waals surface area (Å²) in [6, 6.07) is 18.6. The lowest BCUT2D eigenvalue weighted by atomic mass is 10.2. The fourth-order valence-electron chi connectivity index (χ4n) is 2.88. The molecule has 0 unspecified atom stereocenters. The highest BCUT2D eigenvalue weighted by Gasteiger charge is 2.16. The number of imidazole rings is 1. The molecule has 4 rings (SSSR count). The summed E-state index contributed by atoms with van der Waals surface area (Å²) >= 11 is 19.0. The Morgan fingerprint density at radius 3 is 2.47 bits per heavy atom. The number of nitrogens with zero attached hydrogens (tertiary/aromatic N) is 3. The molecule has 0 fully saturated rings. The number of H-pyrrole nitrogens is 1. The summed E-state index contributed by atoms with van der Waals surface area (Å²) in [6.45, 7) is 0. The molecule has 3 aromatic carbocycles. The predicted octanol–water partition coefficient (Wildman–Crippen LogP) is 7.14. The van der Waals surface area contributed by atoms with E-state index in [4.69, 9.17) is 23.2 Å². The summed E-state index contributed by atoms with van der Waals surface area (Å²) in [5, 5.41) is 15.9. The normalized spacial score (nSPS) is 11.6. The van der Waals surface area contributed by atoms with Gasteiger partial charge in [-0.1, -0.05) is 80.5 Å². The minimum Gasteiger partial charge on any atom is -0.506 e. The standard InChI is InChI=1S/C23H14Br2Cl2N4O/c24-17-8-16(22(32)19(25)9-17)11-28-23-30-21(14-4-2-1-3-5-14)13-31(23)29-12-15-6-7-18(26)10-20(15)27/h1-13H,(H,28,30,32)/p+1. The number of halogens is 4. The van der Waals surface area contributed by atoms with E-state index >= 15 is 0 Å². The van der Waals surface area contributed by atoms with E-state index in [0.717, 1.165) is 21.3 Å². The largest absolute Gasteiger partial charge is 0.506 e. The van der Waals surface area contributed by atoms with Crippen LogP contribution in [0.1, 0.15) is 11.1 Å². The molecule has 0 radical (unpaired) electrons. The Hall–Kier alpha value is -2.45. The van der Waals surface area contributed by atoms with Crippen LogP contribution in [0.3, 0.4) is 0 Å². The van der Waals surface area contributed by atoms with Crippen molar-refractivity contribution in [3.8, 4) is 17.0 Å². The van der Waals surface area contributed by atoms with Crippen molar-refractivity contribution in [3.63, 3.8) is 0 Å². The van der Waals surface area contributed by atoms with Gasteiger partial charge in [0.1, 0.15) is 23.9 Å². The molecule has 5 nitrogen and oxygen atoms in total. The Balaban J connectivity index is 1.75. The van der Waals surface area contributed by atoms with Crippen molar-refractivity contribution >= 4 is 73.4 Å². The molecule has 1 aromatic heterocycles. The fraction of sp³-hybridized carbons (Fsp3) is 0. The number of hydrogen-bond acceptors (Lipinski definition) is 3. The van der Waals surface area contributed by atoms with E-state index in [1.165, 1.54) is 0 Å². The van der Waals surface area contributed by atoms with Crippen molar-refractivity contribution in [3.05, 3.63) is 97.0 Å². The van der Waals surface area contributed by atoms with Gasteiger partial charge in [-0.15, -0.1) is 9.78 Å². The molecule has 0 aliphatic rings. The summed E-state index contributed by atoms with van der Waals surface area (Å²) in [6.07, 6.45) is 5.03. The number of benzene rings is 3. The third kappa shape index (κ3) is 5.30. The third-order valence-electron chi connectivity index (χ3n) is 4.47. The van der Waals surface area contributed by atoms with Crippen LogP contribution >= 0.6 is 55.1 Å². The number of aromatic hydroxyl groups is 1. The maximum absolute atomic E-state index is 10.3. The Bertz CT molecular complexity index is 1340. The van der Waals surface area contributed by atoms with Crippen LogP contribution in [0.2, 0.25) is 10.0 Å². The first-order valence-electron chi connectivity index (χ1n) is 9.32. The number of aliphatic imine (C=N–C) groups is 1. The predicted molar refractivity (Wildman–Crippen MR) is 137 cm³/mol. The molecular formula is C23H15Br2Cl2N4O+. The van der Waals surface area contributed by atoms with Crippen LogP contribution in [-0.4, -0.2) is 22.5 Å². The summed E-state index contributed by atoms with van der Waals surface area (Å²) < 4.78 is 2.98. The maximum Gasteiger partial charge on any atom is 0.420 e. The average molecular weight is 594 g/mol. The van der Waals surface area contributed by atoms with Gasteiger partial charge < -0.3 is 5.11 Å². The van der Waals surface area contributed by atoms with E-state index in [1.807, 2.05) is 36.5 Å². The van der Waals surface area contributed by atoms with E-state index in [-0.39, 0.29) is 5.75 Å². The van der Waals surface area contributed by atoms with E-state index in [9.17, 15) is 5.11 Å². The van der Waals surface area contributed by atoms with Gasteiger partial charge >= 0.3 is 5.95 Å². The zero-order valence-corrected chi connectivity index (χ0v) is 21.0. The first-order valence-corrected chi connectivity index (χ1v) is 11.7. The molecule has 2 N–H and O–H groups in total. The fourth-order valence-corrected chi connectivity index (χ4v) is 4.60. The first kappa shape index (κ1) is 22.7. The molecule has 160 valence electrons. The molecule has 4 aromatic rings. The molecule has 0 amide bonds. The maximum atomic E-state index is 10.3. The van der Waals surface area contributed by atoms with E-state index < -0.39 is 0 Å². The average Bonchev–Trinajstić information content (AvgIpc) is 3.18. The molecule has 0 aliphatic carbocycles. The van der Waals surface area contributed by atoms with E-state index in [2.05, 4.69) is 46.9 Å². The number of rotatable bonds is 5. The van der Waals surface area contributed by atoms with E-state index in [1.54, 1.807) is 47.4 Å². The highest BCUT2D eigenvalue weighted by molar-refractivity contribution is 9.11. The Morgan fingerprint density at radius 1 is 0.938 bits per heavy atom. The second kappa shape index (κ2) is 10.0. The Kier molecular flexibility index (Phi) is 7.10. The van der Waals surface area contributed by atoms with Crippen LogP contribution < -0.4 is 4.68 Å². The molecule has 0 saturated heterocycles. The molecule has 0 saturated carbocycles. The Labute approximate surface area is 211 Å². The van der Waals surface area contributed by atoms with Crippen molar-refractivity contribution in [1.82, 2.24) is 4.98 Å². The first-order chi connectivity index (χ1) is 15.4. The highest BCUT2D eigenvalue weighted by Crippen LogP contribution is 2.31. The number of phenols is 1. The monoisotopic (exact) mass is 591 g/mol. The van der Waals surface area contributed by atoms with Crippen molar-refractivity contribution in [2.75, 3.05) is 0 Å². The van der Waals surface area contributed by atoms with Crippen LogP contribution in [0.5, 0.6) is 5.75 Å². The zero-order valence-electron chi connectivity index (χ0n) is 16.3. The van der Waals surface area contributed by atoms with Crippen molar-refractivity contribution in [2.45, 2.75) is 0 Å². The topological polar surface area (TPSA) is 64.6 Å². The van der Waals surface area contributed by atoms with Gasteiger partial charge in [0.2, 0.25) is 0 Å². The minimum atomic E-state index is 0.0924. The van der Waals surface area contributed by atoms with Crippen LogP contribution in [0.25, 0.3) is 11.3 Å². The van der Waals surface area contributed by atoms with Crippen molar-refractivity contribution in [2.24, 2.45) is 10.1 Å². The lowest BCUT2D eigenvalue weighted by Gasteiger charge is -2.01. The molecule has 0 atom stereocenters. The van der Waals surface area contributed by atoms with Gasteiger partial charge in [-0.05, 0) is 40.2 Å². The van der Waals surface area contributed by atoms with Gasteiger partial charge in [-0.3, -0.25) is 0 Å². The van der Waals surface area contributed by atoms with Gasteiger partial charge in [0, 0.05) is 20.6 Å². The van der Waals surface area contributed by atoms with Crippen molar-refractivity contribution < 1.29 is 9.78 Å². The van der Waals surface area contributed by atoms with Gasteiger partial charge in [0.15, 0.2) is 0 Å². The lowest BCUT2D eigenvalue weighted by molar-refractivity contribution is -0.663. The molecule has 32 heavy (non-hydrogen) atoms. The number of phenolic OH excluding ortho intramolecular Hbond substituents is 1. The van der Waals surface area contributed by atoms with Crippen LogP contribution in [0.15, 0.2) is 85.9 Å². The summed E-state index contributed by atoms with van der Waals surface area (Å²) in [5.74, 6) is 0.551. The molecule has 1 heterocycles. The Morgan fingerprint density at radius 2 is 1.72 bits per heavy atom. The lowest BCUT2D eigenvalue weighted by Crippen LogP contribution is -2.25. The molecule has 0 spiro atoms. The van der Waals surface area contributed by atoms with E-state index in [0.29, 0.717) is 26.0 Å². The van der Waals surface area contributed by atoms with Crippen LogP contribution in [0, 0.1) is 0 Å². The second-order valence-corrected chi connectivity index (χ2v) is 9.31. The third-order valence-corrected chi connectivity index (χ3v) is 6.09. The quantitative estimate of drug-likeness (QED) is 0.187. The number of nitrogens with one attached hydrogen (secondary N) is 1. The van der Waals surface area contributed by atoms with Crippen molar-refractivity contribution in [1.29, 1.82) is 0 Å². The number of hydrogen-bond donors (Lipinski definition) is 2. The SMILES string of the molecule is Oc1c(Br)cc(Br)cc1C=Nc1[nH]c(-c2ccccc2)c[n+]1N=Cc1ccc(Cl)cc1Cl. The molecular weight excluding hydrogens is 579 g/mol. The van der Waals surface area contributed by atoms with Gasteiger partial charge in [-0.25, -0.2) is 4.98 Å². The van der Waals surface area contributed by atoms with Crippen LogP contribution in [-0.2, 0) is 0 Å². The smallest absolute Gasteiger partial charge is 0.420 e. The van der Waals surface area contributed by atoms with Gasteiger partial charge in [0.25, 0.3) is 0 Å². The van der Waals surface area contributed by atoms with Gasteiger partial charge in [0.05, 0.1) is 21.3 Å². The second-order valence-electron chi connectivity index (χ2n) is 6.70. The number of aromatic nitrogens is 2. The summed E-state index contributed by atoms with van der Waals surface area (Å²) in [4.78, 5) is 7.80. The van der Waals surface area contributed by atoms with Crippen LogP contribution in [0.4, 0.5) is 5.95 Å². The molecule has 0 bridgehead atoms. The molecule has 9 heteroatoms. The zero-order chi connectivity index (χ0) is 22.7. The molecule has 0 aliphatic heterocycles. The minimum absolute atomic E-state index is 0.0924.